The molecule has 0 bridgehead atoms. The van der Waals surface area contributed by atoms with E-state index in [9.17, 15) is 8.42 Å². The Morgan fingerprint density at radius 3 is 1.50 bits per heavy atom. The molecule has 0 aliphatic heterocycles. The summed E-state index contributed by atoms with van der Waals surface area (Å²) in [4.78, 5) is 10.9. The molecule has 1 N–H and O–H groups in total. The predicted octanol–water partition coefficient (Wildman–Crippen LogP) is 9.60. The second kappa shape index (κ2) is 21.3. The molecule has 0 amide bonds. The molecule has 0 unspecified atom stereocenters. The summed E-state index contributed by atoms with van der Waals surface area (Å²) in [5.74, 6) is 1.16. The van der Waals surface area contributed by atoms with Gasteiger partial charge in [-0.2, -0.15) is 10.2 Å². The predicted molar refractivity (Wildman–Crippen MR) is 222 cm³/mol. The number of rotatable bonds is 11. The van der Waals surface area contributed by atoms with E-state index < -0.39 is 10.1 Å². The van der Waals surface area contributed by atoms with Crippen LogP contribution in [0.5, 0.6) is 0 Å². The van der Waals surface area contributed by atoms with Gasteiger partial charge in [-0.1, -0.05) is 28.3 Å². The zero-order chi connectivity index (χ0) is 42.2. The van der Waals surface area contributed by atoms with Gasteiger partial charge in [0.1, 0.15) is 17.1 Å². The molecule has 0 aliphatic rings. The summed E-state index contributed by atoms with van der Waals surface area (Å²) in [6.45, 7) is 0. The number of azo groups is 4. The standard InChI is InChI=1S/C19H21ClN7.C17H16ClN7.CH4O4S/c1-25(2)16-8-5-14(6-9-16)21-23-18-10-7-15(13-17(18)20)22-24-19-26(3)11-12-27(19)4;1-25(2)14-6-3-12(4-7-14)21-23-16-8-5-13(11-15(16)18)22-24-17-19-9-10-20-17;1-6(3,4)5-2/h5-13H,1-4H3;3-11H,1-2H3,(H,19,20);2H,1H3/q+1;;/p-1. The Kier molecular flexibility index (Phi) is 16.3. The van der Waals surface area contributed by atoms with Gasteiger partial charge < -0.3 is 24.4 Å². The van der Waals surface area contributed by atoms with Crippen molar-refractivity contribution in [3.05, 3.63) is 120 Å². The van der Waals surface area contributed by atoms with E-state index in [1.54, 1.807) is 42.7 Å². The molecule has 58 heavy (non-hydrogen) atoms. The normalized spacial score (nSPS) is 11.6. The van der Waals surface area contributed by atoms with Crippen LogP contribution in [0.25, 0.3) is 0 Å². The molecule has 6 aromatic rings. The number of imidazole rings is 2. The van der Waals surface area contributed by atoms with Crippen molar-refractivity contribution in [1.29, 1.82) is 0 Å². The maximum atomic E-state index is 9.47. The molecule has 0 aliphatic carbocycles. The average molecular weight is 848 g/mol. The lowest BCUT2D eigenvalue weighted by Crippen LogP contribution is -2.25. The number of aromatic amines is 1. The van der Waals surface area contributed by atoms with Gasteiger partial charge in [0.2, 0.25) is 5.95 Å². The summed E-state index contributed by atoms with van der Waals surface area (Å²) < 4.78 is 25.4. The minimum Gasteiger partial charge on any atom is -0.707 e. The molecule has 0 spiro atoms. The fourth-order valence-electron chi connectivity index (χ4n) is 4.38. The lowest BCUT2D eigenvalue weighted by atomic mass is 10.3. The Morgan fingerprint density at radius 2 is 1.14 bits per heavy atom. The molecule has 0 fully saturated rings. The van der Waals surface area contributed by atoms with Crippen LogP contribution < -0.4 is 19.6 Å². The van der Waals surface area contributed by atoms with Gasteiger partial charge in [-0.25, -0.2) is 22.5 Å². The van der Waals surface area contributed by atoms with Crippen LogP contribution in [0.1, 0.15) is 0 Å². The van der Waals surface area contributed by atoms with Crippen molar-refractivity contribution in [1.82, 2.24) is 14.5 Å². The summed E-state index contributed by atoms with van der Waals surface area (Å²) >= 11 is 12.6. The Morgan fingerprint density at radius 1 is 0.707 bits per heavy atom. The van der Waals surface area contributed by atoms with Crippen LogP contribution in [0.3, 0.4) is 0 Å². The van der Waals surface area contributed by atoms with E-state index in [4.69, 9.17) is 28.5 Å². The number of H-pyrrole nitrogens is 1. The van der Waals surface area contributed by atoms with Crippen LogP contribution in [0.15, 0.2) is 151 Å². The highest BCUT2D eigenvalue weighted by Crippen LogP contribution is 2.33. The molecule has 302 valence electrons. The van der Waals surface area contributed by atoms with Crippen LogP contribution in [0, 0.1) is 0 Å². The van der Waals surface area contributed by atoms with E-state index in [2.05, 4.69) is 55.2 Å². The van der Waals surface area contributed by atoms with Crippen LogP contribution in [-0.4, -0.2) is 57.4 Å². The number of hydrogen-bond donors (Lipinski definition) is 1. The topological polar surface area (TPSA) is 209 Å². The minimum atomic E-state index is -3.72. The first-order chi connectivity index (χ1) is 27.6. The highest BCUT2D eigenvalue weighted by molar-refractivity contribution is 7.85. The third-order valence-electron chi connectivity index (χ3n) is 7.41. The number of aryl methyl sites for hydroxylation is 2. The van der Waals surface area contributed by atoms with Gasteiger partial charge in [-0.15, -0.1) is 20.5 Å². The number of hydrogen-bond acceptors (Lipinski definition) is 15. The number of anilines is 2. The maximum absolute atomic E-state index is 9.47. The first-order valence-electron chi connectivity index (χ1n) is 16.9. The van der Waals surface area contributed by atoms with Crippen LogP contribution in [-0.2, 0) is 28.5 Å². The van der Waals surface area contributed by atoms with Gasteiger partial charge in [0, 0.05) is 57.1 Å². The molecule has 0 saturated carbocycles. The van der Waals surface area contributed by atoms with Crippen LogP contribution in [0.2, 0.25) is 10.0 Å². The number of nitrogens with zero attached hydrogens (tertiary/aromatic N) is 13. The smallest absolute Gasteiger partial charge is 0.421 e. The van der Waals surface area contributed by atoms with Crippen molar-refractivity contribution < 1.29 is 22.6 Å². The second-order valence-electron chi connectivity index (χ2n) is 12.4. The molecule has 0 saturated heterocycles. The SMILES string of the molecule is CN(C)c1ccc(N=Nc2ccc(N=Nc3n(C)cc[n+]3C)cc2Cl)cc1.CN(C)c1ccc(N=Nc2ccc(N=Nc3ncc[nH]3)cc2Cl)cc1.CS(=O)(=O)O[O-]. The molecule has 2 heterocycles. The summed E-state index contributed by atoms with van der Waals surface area (Å²) in [6.07, 6.45) is 7.79. The van der Waals surface area contributed by atoms with Gasteiger partial charge in [-0.05, 0) is 84.9 Å². The lowest BCUT2D eigenvalue weighted by molar-refractivity contribution is -0.657. The summed E-state index contributed by atoms with van der Waals surface area (Å²) in [7, 11) is 8.07. The van der Waals surface area contributed by atoms with Gasteiger partial charge in [-0.3, -0.25) is 0 Å². The third kappa shape index (κ3) is 14.4. The van der Waals surface area contributed by atoms with E-state index in [0.29, 0.717) is 45.0 Å². The van der Waals surface area contributed by atoms with Crippen molar-refractivity contribution >= 4 is 90.7 Å². The third-order valence-corrected chi connectivity index (χ3v) is 8.26. The first-order valence-corrected chi connectivity index (χ1v) is 19.5. The minimum absolute atomic E-state index is 0.432. The lowest BCUT2D eigenvalue weighted by Gasteiger charge is -2.11. The quantitative estimate of drug-likeness (QED) is 0.0577. The van der Waals surface area contributed by atoms with E-state index >= 15 is 0 Å². The van der Waals surface area contributed by atoms with Gasteiger partial charge in [0.05, 0.1) is 59.9 Å². The van der Waals surface area contributed by atoms with E-state index in [1.165, 1.54) is 0 Å². The monoisotopic (exact) mass is 846 g/mol. The molecular weight excluding hydrogens is 807 g/mol. The number of aromatic nitrogens is 4. The highest BCUT2D eigenvalue weighted by Gasteiger charge is 2.11. The Hall–Kier alpha value is -6.25. The molecule has 4 aromatic carbocycles. The first kappa shape index (κ1) is 44.5. The Labute approximate surface area is 345 Å². The van der Waals surface area contributed by atoms with Crippen LogP contribution in [0.4, 0.5) is 57.4 Å². The molecule has 0 radical (unpaired) electrons. The van der Waals surface area contributed by atoms with Crippen molar-refractivity contribution in [2.45, 2.75) is 0 Å². The fraction of sp³-hybridized carbons (Fsp3) is 0.189. The zero-order valence-corrected chi connectivity index (χ0v) is 34.8. The maximum Gasteiger partial charge on any atom is 0.421 e. The molecule has 2 aromatic heterocycles. The molecule has 0 atom stereocenters. The Balaban J connectivity index is 0.000000226. The number of nitrogens with one attached hydrogen (secondary N) is 1. The average Bonchev–Trinajstić information content (AvgIpc) is 3.84. The molecule has 21 heteroatoms. The Bertz CT molecular complexity index is 2450. The summed E-state index contributed by atoms with van der Waals surface area (Å²) in [5, 5.41) is 43.2. The molecule has 18 nitrogen and oxygen atoms in total. The highest BCUT2D eigenvalue weighted by atomic mass is 35.5. The molecular formula is C37H40Cl2N14O4S. The van der Waals surface area contributed by atoms with Gasteiger partial charge in [0.15, 0.2) is 0 Å². The number of halogens is 2. The van der Waals surface area contributed by atoms with E-state index in [-0.39, 0.29) is 0 Å². The molecule has 6 rings (SSSR count). The van der Waals surface area contributed by atoms with Gasteiger partial charge in [0.25, 0.3) is 10.1 Å². The van der Waals surface area contributed by atoms with Crippen molar-refractivity contribution in [2.24, 2.45) is 55.0 Å². The van der Waals surface area contributed by atoms with Crippen molar-refractivity contribution in [3.8, 4) is 0 Å². The second-order valence-corrected chi connectivity index (χ2v) is 14.8. The largest absolute Gasteiger partial charge is 0.707 e. The van der Waals surface area contributed by atoms with Gasteiger partial charge >= 0.3 is 5.95 Å². The van der Waals surface area contributed by atoms with Crippen molar-refractivity contribution in [2.75, 3.05) is 44.2 Å². The summed E-state index contributed by atoms with van der Waals surface area (Å²) in [5.41, 5.74) is 6.12. The zero-order valence-electron chi connectivity index (χ0n) is 32.5. The van der Waals surface area contributed by atoms with Crippen LogP contribution >= 0.6 is 23.2 Å². The number of benzene rings is 4. The summed E-state index contributed by atoms with van der Waals surface area (Å²) in [6, 6.07) is 26.1. The van der Waals surface area contributed by atoms with E-state index in [0.717, 1.165) is 28.7 Å². The fourth-order valence-corrected chi connectivity index (χ4v) is 4.80. The van der Waals surface area contributed by atoms with E-state index in [1.807, 2.05) is 128 Å². The van der Waals surface area contributed by atoms with Crippen molar-refractivity contribution in [3.63, 3.8) is 0 Å².